The van der Waals surface area contributed by atoms with Crippen LogP contribution in [0.15, 0.2) is 34.2 Å². The summed E-state index contributed by atoms with van der Waals surface area (Å²) in [6, 6.07) is 7.51. The van der Waals surface area contributed by atoms with Gasteiger partial charge in [-0.2, -0.15) is 0 Å². The summed E-state index contributed by atoms with van der Waals surface area (Å²) in [5.41, 5.74) is 1.52. The van der Waals surface area contributed by atoms with Gasteiger partial charge in [-0.1, -0.05) is 41.6 Å². The minimum atomic E-state index is -0.328. The van der Waals surface area contributed by atoms with Crippen LogP contribution in [0.25, 0.3) is 0 Å². The highest BCUT2D eigenvalue weighted by molar-refractivity contribution is 8.00. The summed E-state index contributed by atoms with van der Waals surface area (Å²) in [4.78, 5) is 24.5. The predicted molar refractivity (Wildman–Crippen MR) is 92.7 cm³/mol. The van der Waals surface area contributed by atoms with E-state index < -0.39 is 0 Å². The Hall–Kier alpha value is -1.86. The fourth-order valence-electron chi connectivity index (χ4n) is 2.71. The van der Waals surface area contributed by atoms with E-state index in [-0.39, 0.29) is 22.8 Å². The van der Waals surface area contributed by atoms with E-state index in [9.17, 15) is 9.59 Å². The topological polar surface area (TPSA) is 77.0 Å². The van der Waals surface area contributed by atoms with Crippen molar-refractivity contribution in [2.75, 3.05) is 6.61 Å². The zero-order valence-corrected chi connectivity index (χ0v) is 14.6. The first-order valence-electron chi connectivity index (χ1n) is 8.09. The van der Waals surface area contributed by atoms with Crippen LogP contribution < -0.4 is 5.69 Å². The Kier molecular flexibility index (Phi) is 5.20. The number of H-pyrrole nitrogens is 1. The van der Waals surface area contributed by atoms with Gasteiger partial charge in [0.1, 0.15) is 0 Å². The lowest BCUT2D eigenvalue weighted by Crippen LogP contribution is -2.25. The van der Waals surface area contributed by atoms with E-state index in [0.717, 1.165) is 25.0 Å². The molecule has 1 aromatic heterocycles. The van der Waals surface area contributed by atoms with Crippen molar-refractivity contribution in [2.45, 2.75) is 49.7 Å². The van der Waals surface area contributed by atoms with E-state index in [0.29, 0.717) is 17.3 Å². The fourth-order valence-corrected chi connectivity index (χ4v) is 3.65. The predicted octanol–water partition coefficient (Wildman–Crippen LogP) is 2.42. The Balaban J connectivity index is 1.72. The molecule has 0 saturated carbocycles. The summed E-state index contributed by atoms with van der Waals surface area (Å²) >= 11 is 1.30. The van der Waals surface area contributed by atoms with Gasteiger partial charge in [0.05, 0.1) is 17.9 Å². The highest BCUT2D eigenvalue weighted by Gasteiger charge is 2.23. The number of carbonyl (C=O) groups is 1. The minimum absolute atomic E-state index is 0.0270. The lowest BCUT2D eigenvalue weighted by Gasteiger charge is -2.13. The fraction of sp³-hybridized carbons (Fsp3) is 0.471. The maximum absolute atomic E-state index is 12.6. The molecule has 1 N–H and O–H groups in total. The molecular formula is C17H21N3O3S. The zero-order valence-electron chi connectivity index (χ0n) is 13.8. The van der Waals surface area contributed by atoms with Crippen LogP contribution in [0.1, 0.15) is 35.7 Å². The molecule has 128 valence electrons. The second-order valence-electron chi connectivity index (χ2n) is 6.05. The molecule has 1 aromatic carbocycles. The summed E-state index contributed by atoms with van der Waals surface area (Å²) in [6.07, 6.45) is 2.00. The van der Waals surface area contributed by atoms with Gasteiger partial charge in [0.25, 0.3) is 0 Å². The van der Waals surface area contributed by atoms with Gasteiger partial charge >= 0.3 is 5.69 Å². The third-order valence-corrected chi connectivity index (χ3v) is 5.21. The van der Waals surface area contributed by atoms with Crippen LogP contribution in [0.3, 0.4) is 0 Å². The monoisotopic (exact) mass is 347 g/mol. The van der Waals surface area contributed by atoms with Crippen LogP contribution in [-0.4, -0.2) is 38.5 Å². The van der Waals surface area contributed by atoms with E-state index in [1.165, 1.54) is 11.8 Å². The van der Waals surface area contributed by atoms with Crippen LogP contribution in [0.4, 0.5) is 0 Å². The van der Waals surface area contributed by atoms with E-state index in [2.05, 4.69) is 10.2 Å². The van der Waals surface area contributed by atoms with Gasteiger partial charge in [-0.3, -0.25) is 9.36 Å². The van der Waals surface area contributed by atoms with E-state index in [4.69, 9.17) is 4.74 Å². The smallest absolute Gasteiger partial charge is 0.344 e. The summed E-state index contributed by atoms with van der Waals surface area (Å²) < 4.78 is 7.16. The Morgan fingerprint density at radius 1 is 1.46 bits per heavy atom. The van der Waals surface area contributed by atoms with Crippen molar-refractivity contribution in [1.29, 1.82) is 0 Å². The number of aryl methyl sites for hydroxylation is 1. The molecule has 3 rings (SSSR count). The van der Waals surface area contributed by atoms with Crippen molar-refractivity contribution < 1.29 is 9.53 Å². The molecule has 0 aliphatic carbocycles. The lowest BCUT2D eigenvalue weighted by atomic mass is 10.1. The number of nitrogens with one attached hydrogen (secondary N) is 1. The SMILES string of the molecule is Cc1ccc(C(=O)C(C)Sc2n[nH]c(=O)n2CC2CCCO2)cc1. The molecule has 0 radical (unpaired) electrons. The van der Waals surface area contributed by atoms with Gasteiger partial charge in [-0.15, -0.1) is 5.10 Å². The van der Waals surface area contributed by atoms with Crippen molar-refractivity contribution in [3.8, 4) is 0 Å². The number of thioether (sulfide) groups is 1. The molecule has 1 aliphatic rings. The average Bonchev–Trinajstić information content (AvgIpc) is 3.20. The van der Waals surface area contributed by atoms with E-state index in [1.807, 2.05) is 38.1 Å². The zero-order chi connectivity index (χ0) is 17.1. The molecule has 2 unspecified atom stereocenters. The molecule has 2 heterocycles. The van der Waals surface area contributed by atoms with Crippen molar-refractivity contribution in [3.63, 3.8) is 0 Å². The van der Waals surface area contributed by atoms with Crippen LogP contribution in [0, 0.1) is 6.92 Å². The number of carbonyl (C=O) groups excluding carboxylic acids is 1. The van der Waals surface area contributed by atoms with Crippen molar-refractivity contribution in [3.05, 3.63) is 45.9 Å². The number of aromatic nitrogens is 3. The Morgan fingerprint density at radius 3 is 2.88 bits per heavy atom. The van der Waals surface area contributed by atoms with Crippen molar-refractivity contribution >= 4 is 17.5 Å². The number of hydrogen-bond donors (Lipinski definition) is 1. The quantitative estimate of drug-likeness (QED) is 0.641. The molecule has 1 saturated heterocycles. The standard InChI is InChI=1S/C17H21N3O3S/c1-11-5-7-13(8-6-11)15(21)12(2)24-17-19-18-16(22)20(17)10-14-4-3-9-23-14/h5-8,12,14H,3-4,9-10H2,1-2H3,(H,18,22). The van der Waals surface area contributed by atoms with Crippen molar-refractivity contribution in [1.82, 2.24) is 14.8 Å². The highest BCUT2D eigenvalue weighted by Crippen LogP contribution is 2.24. The van der Waals surface area contributed by atoms with Gasteiger partial charge in [0.2, 0.25) is 0 Å². The number of ketones is 1. The molecule has 2 atom stereocenters. The molecular weight excluding hydrogens is 326 g/mol. The number of aromatic amines is 1. The summed E-state index contributed by atoms with van der Waals surface area (Å²) in [6.45, 7) is 5.04. The molecule has 7 heteroatoms. The Bertz CT molecular complexity index is 760. The van der Waals surface area contributed by atoms with Crippen LogP contribution in [-0.2, 0) is 11.3 Å². The maximum atomic E-state index is 12.6. The van der Waals surface area contributed by atoms with Gasteiger partial charge < -0.3 is 4.74 Å². The second-order valence-corrected chi connectivity index (χ2v) is 7.36. The number of rotatable bonds is 6. The second kappa shape index (κ2) is 7.36. The number of nitrogens with zero attached hydrogens (tertiary/aromatic N) is 2. The summed E-state index contributed by atoms with van der Waals surface area (Å²) in [7, 11) is 0. The van der Waals surface area contributed by atoms with Crippen LogP contribution in [0.2, 0.25) is 0 Å². The third kappa shape index (κ3) is 3.79. The number of hydrogen-bond acceptors (Lipinski definition) is 5. The van der Waals surface area contributed by atoms with E-state index >= 15 is 0 Å². The van der Waals surface area contributed by atoms with Gasteiger partial charge in [0.15, 0.2) is 10.9 Å². The van der Waals surface area contributed by atoms with Gasteiger partial charge in [-0.25, -0.2) is 9.89 Å². The van der Waals surface area contributed by atoms with Gasteiger partial charge in [0, 0.05) is 12.2 Å². The molecule has 0 amide bonds. The number of benzene rings is 1. The first-order valence-corrected chi connectivity index (χ1v) is 8.97. The Morgan fingerprint density at radius 2 is 2.21 bits per heavy atom. The van der Waals surface area contributed by atoms with Crippen molar-refractivity contribution in [2.24, 2.45) is 0 Å². The molecule has 24 heavy (non-hydrogen) atoms. The average molecular weight is 347 g/mol. The Labute approximate surface area is 144 Å². The summed E-state index contributed by atoms with van der Waals surface area (Å²) in [5, 5.41) is 6.74. The van der Waals surface area contributed by atoms with E-state index in [1.54, 1.807) is 4.57 Å². The normalized spacial score (nSPS) is 18.7. The van der Waals surface area contributed by atoms with Gasteiger partial charge in [-0.05, 0) is 26.7 Å². The minimum Gasteiger partial charge on any atom is -0.376 e. The first-order chi connectivity index (χ1) is 11.5. The molecule has 0 spiro atoms. The largest absolute Gasteiger partial charge is 0.376 e. The van der Waals surface area contributed by atoms with Crippen LogP contribution in [0.5, 0.6) is 0 Å². The number of Topliss-reactive ketones (excluding diaryl/α,β-unsaturated/α-hetero) is 1. The molecule has 2 aromatic rings. The summed E-state index contributed by atoms with van der Waals surface area (Å²) in [5.74, 6) is 0.0270. The number of ether oxygens (including phenoxy) is 1. The molecule has 1 aliphatic heterocycles. The lowest BCUT2D eigenvalue weighted by molar-refractivity contribution is 0.0941. The third-order valence-electron chi connectivity index (χ3n) is 4.12. The molecule has 0 bridgehead atoms. The first kappa shape index (κ1) is 17.0. The highest BCUT2D eigenvalue weighted by atomic mass is 32.2. The molecule has 1 fully saturated rings. The maximum Gasteiger partial charge on any atom is 0.344 e. The molecule has 6 nitrogen and oxygen atoms in total. The van der Waals surface area contributed by atoms with Crippen LogP contribution >= 0.6 is 11.8 Å².